The molecule has 1 amide bonds. The maximum absolute atomic E-state index is 11.5. The van der Waals surface area contributed by atoms with E-state index in [9.17, 15) is 4.79 Å². The lowest BCUT2D eigenvalue weighted by Crippen LogP contribution is -2.51. The summed E-state index contributed by atoms with van der Waals surface area (Å²) in [7, 11) is 0. The van der Waals surface area contributed by atoms with E-state index in [4.69, 9.17) is 0 Å². The van der Waals surface area contributed by atoms with Crippen LogP contribution < -0.4 is 10.6 Å². The molecule has 0 saturated heterocycles. The summed E-state index contributed by atoms with van der Waals surface area (Å²) in [5, 5.41) is 6.25. The van der Waals surface area contributed by atoms with E-state index >= 15 is 0 Å². The number of hydrogen-bond donors (Lipinski definition) is 2. The van der Waals surface area contributed by atoms with Gasteiger partial charge in [-0.3, -0.25) is 4.79 Å². The lowest BCUT2D eigenvalue weighted by Gasteiger charge is -2.35. The molecule has 82 valence electrons. The van der Waals surface area contributed by atoms with Crippen LogP contribution in [0.3, 0.4) is 0 Å². The van der Waals surface area contributed by atoms with Gasteiger partial charge in [-0.25, -0.2) is 0 Å². The third-order valence-corrected chi connectivity index (χ3v) is 2.68. The Balaban J connectivity index is 2.20. The first-order chi connectivity index (χ1) is 6.49. The molecule has 3 nitrogen and oxygen atoms in total. The number of hydrogen-bond acceptors (Lipinski definition) is 2. The summed E-state index contributed by atoms with van der Waals surface area (Å²) in [6.07, 6.45) is 2.42. The van der Waals surface area contributed by atoms with Crippen LogP contribution in [0.4, 0.5) is 0 Å². The van der Waals surface area contributed by atoms with Crippen molar-refractivity contribution in [1.29, 1.82) is 0 Å². The number of amides is 1. The SMILES string of the molecule is CC1CC(NC(C)C(=O)NC(C)C)C1. The molecular formula is C11H22N2O. The molecule has 0 aromatic carbocycles. The number of carbonyl (C=O) groups excluding carboxylic acids is 1. The second-order valence-corrected chi connectivity index (χ2v) is 4.83. The summed E-state index contributed by atoms with van der Waals surface area (Å²) in [6.45, 7) is 8.14. The van der Waals surface area contributed by atoms with Crippen LogP contribution >= 0.6 is 0 Å². The minimum Gasteiger partial charge on any atom is -0.353 e. The van der Waals surface area contributed by atoms with Gasteiger partial charge in [0.05, 0.1) is 6.04 Å². The zero-order chi connectivity index (χ0) is 10.7. The Morgan fingerprint density at radius 1 is 1.29 bits per heavy atom. The second kappa shape index (κ2) is 4.78. The average molecular weight is 198 g/mol. The molecule has 0 aliphatic heterocycles. The highest BCUT2D eigenvalue weighted by Crippen LogP contribution is 2.26. The van der Waals surface area contributed by atoms with Crippen molar-refractivity contribution in [1.82, 2.24) is 10.6 Å². The van der Waals surface area contributed by atoms with Crippen LogP contribution in [0, 0.1) is 5.92 Å². The molecule has 0 spiro atoms. The van der Waals surface area contributed by atoms with Gasteiger partial charge in [0.1, 0.15) is 0 Å². The van der Waals surface area contributed by atoms with E-state index in [0.29, 0.717) is 6.04 Å². The molecule has 0 heterocycles. The van der Waals surface area contributed by atoms with Gasteiger partial charge in [-0.2, -0.15) is 0 Å². The molecule has 0 bridgehead atoms. The molecule has 14 heavy (non-hydrogen) atoms. The van der Waals surface area contributed by atoms with Gasteiger partial charge < -0.3 is 10.6 Å². The van der Waals surface area contributed by atoms with Crippen molar-refractivity contribution in [3.63, 3.8) is 0 Å². The number of nitrogens with one attached hydrogen (secondary N) is 2. The third-order valence-electron chi connectivity index (χ3n) is 2.68. The summed E-state index contributed by atoms with van der Waals surface area (Å²) >= 11 is 0. The highest BCUT2D eigenvalue weighted by molar-refractivity contribution is 5.81. The Hall–Kier alpha value is -0.570. The fourth-order valence-corrected chi connectivity index (χ4v) is 1.88. The topological polar surface area (TPSA) is 41.1 Å². The third kappa shape index (κ3) is 3.29. The zero-order valence-corrected chi connectivity index (χ0v) is 9.63. The van der Waals surface area contributed by atoms with Crippen LogP contribution in [0.25, 0.3) is 0 Å². The van der Waals surface area contributed by atoms with Gasteiger partial charge in [0.25, 0.3) is 0 Å². The number of rotatable bonds is 4. The van der Waals surface area contributed by atoms with Crippen LogP contribution in [-0.2, 0) is 4.79 Å². The summed E-state index contributed by atoms with van der Waals surface area (Å²) in [5.41, 5.74) is 0. The van der Waals surface area contributed by atoms with E-state index in [2.05, 4.69) is 17.6 Å². The van der Waals surface area contributed by atoms with E-state index < -0.39 is 0 Å². The minimum atomic E-state index is -0.0603. The molecule has 3 heteroatoms. The predicted molar refractivity (Wildman–Crippen MR) is 58.1 cm³/mol. The van der Waals surface area contributed by atoms with Crippen molar-refractivity contribution in [2.45, 2.75) is 58.7 Å². The van der Waals surface area contributed by atoms with Gasteiger partial charge in [-0.1, -0.05) is 6.92 Å². The van der Waals surface area contributed by atoms with Gasteiger partial charge in [0.15, 0.2) is 0 Å². The van der Waals surface area contributed by atoms with Crippen LogP contribution in [0.1, 0.15) is 40.5 Å². The fraction of sp³-hybridized carbons (Fsp3) is 0.909. The Morgan fingerprint density at radius 3 is 2.29 bits per heavy atom. The summed E-state index contributed by atoms with van der Waals surface area (Å²) < 4.78 is 0. The second-order valence-electron chi connectivity index (χ2n) is 4.83. The average Bonchev–Trinajstić information content (AvgIpc) is 2.00. The minimum absolute atomic E-state index is 0.0603. The summed E-state index contributed by atoms with van der Waals surface area (Å²) in [4.78, 5) is 11.5. The van der Waals surface area contributed by atoms with E-state index in [1.54, 1.807) is 0 Å². The molecule has 1 aliphatic rings. The Labute approximate surface area is 86.6 Å². The molecule has 1 unspecified atom stereocenters. The molecule has 1 atom stereocenters. The summed E-state index contributed by atoms with van der Waals surface area (Å²) in [6, 6.07) is 0.722. The monoisotopic (exact) mass is 198 g/mol. The van der Waals surface area contributed by atoms with Crippen LogP contribution in [-0.4, -0.2) is 24.0 Å². The van der Waals surface area contributed by atoms with Gasteiger partial charge in [-0.15, -0.1) is 0 Å². The molecule has 1 saturated carbocycles. The van der Waals surface area contributed by atoms with Crippen molar-refractivity contribution in [3.8, 4) is 0 Å². The molecule has 0 aromatic heterocycles. The highest BCUT2D eigenvalue weighted by atomic mass is 16.2. The van der Waals surface area contributed by atoms with Gasteiger partial charge in [0.2, 0.25) is 5.91 Å². The Morgan fingerprint density at radius 2 is 1.86 bits per heavy atom. The first kappa shape index (κ1) is 11.5. The van der Waals surface area contributed by atoms with Crippen molar-refractivity contribution in [2.75, 3.05) is 0 Å². The Bertz CT molecular complexity index is 197. The van der Waals surface area contributed by atoms with Crippen LogP contribution in [0.5, 0.6) is 0 Å². The lowest BCUT2D eigenvalue weighted by molar-refractivity contribution is -0.123. The van der Waals surface area contributed by atoms with Crippen LogP contribution in [0.2, 0.25) is 0 Å². The Kier molecular flexibility index (Phi) is 3.93. The van der Waals surface area contributed by atoms with Gasteiger partial charge in [-0.05, 0) is 39.5 Å². The quantitative estimate of drug-likeness (QED) is 0.714. The smallest absolute Gasteiger partial charge is 0.237 e. The molecule has 1 fully saturated rings. The molecule has 2 N–H and O–H groups in total. The van der Waals surface area contributed by atoms with Gasteiger partial charge in [0, 0.05) is 12.1 Å². The van der Waals surface area contributed by atoms with E-state index in [0.717, 1.165) is 5.92 Å². The van der Waals surface area contributed by atoms with Crippen molar-refractivity contribution < 1.29 is 4.79 Å². The fourth-order valence-electron chi connectivity index (χ4n) is 1.88. The van der Waals surface area contributed by atoms with Gasteiger partial charge >= 0.3 is 0 Å². The first-order valence-electron chi connectivity index (χ1n) is 5.55. The lowest BCUT2D eigenvalue weighted by atomic mass is 9.81. The van der Waals surface area contributed by atoms with E-state index in [1.165, 1.54) is 12.8 Å². The number of carbonyl (C=O) groups is 1. The molecule has 1 rings (SSSR count). The van der Waals surface area contributed by atoms with E-state index in [-0.39, 0.29) is 18.0 Å². The largest absolute Gasteiger partial charge is 0.353 e. The van der Waals surface area contributed by atoms with Crippen molar-refractivity contribution >= 4 is 5.91 Å². The maximum atomic E-state index is 11.5. The predicted octanol–water partition coefficient (Wildman–Crippen LogP) is 1.29. The molecule has 1 aliphatic carbocycles. The first-order valence-corrected chi connectivity index (χ1v) is 5.55. The van der Waals surface area contributed by atoms with Crippen molar-refractivity contribution in [3.05, 3.63) is 0 Å². The van der Waals surface area contributed by atoms with E-state index in [1.807, 2.05) is 20.8 Å². The molecular weight excluding hydrogens is 176 g/mol. The zero-order valence-electron chi connectivity index (χ0n) is 9.63. The molecule has 0 radical (unpaired) electrons. The normalized spacial score (nSPS) is 28.4. The molecule has 0 aromatic rings. The highest BCUT2D eigenvalue weighted by Gasteiger charge is 2.27. The van der Waals surface area contributed by atoms with Crippen molar-refractivity contribution in [2.24, 2.45) is 5.92 Å². The summed E-state index contributed by atoms with van der Waals surface area (Å²) in [5.74, 6) is 0.937. The standard InChI is InChI=1S/C11H22N2O/c1-7(2)12-11(14)9(4)13-10-5-8(3)6-10/h7-10,13H,5-6H2,1-4H3,(H,12,14). The maximum Gasteiger partial charge on any atom is 0.237 e. The van der Waals surface area contributed by atoms with Crippen LogP contribution in [0.15, 0.2) is 0 Å².